The lowest BCUT2D eigenvalue weighted by atomic mass is 10.4. The number of rotatable bonds is 5. The Hall–Kier alpha value is -2.39. The first-order valence-electron chi connectivity index (χ1n) is 5.43. The highest BCUT2D eigenvalue weighted by Crippen LogP contribution is 2.15. The Balaban J connectivity index is 2.08. The van der Waals surface area contributed by atoms with Crippen LogP contribution in [0.4, 0.5) is 5.88 Å². The molecule has 10 heteroatoms. The van der Waals surface area contributed by atoms with Gasteiger partial charge in [0.15, 0.2) is 5.76 Å². The lowest BCUT2D eigenvalue weighted by molar-refractivity contribution is -0.402. The minimum atomic E-state index is -3.84. The topological polar surface area (TPSA) is 115 Å². The van der Waals surface area contributed by atoms with E-state index in [1.54, 1.807) is 0 Å². The molecular formula is C11H8ClN3O5S. The summed E-state index contributed by atoms with van der Waals surface area (Å²) >= 11 is 5.66. The van der Waals surface area contributed by atoms with Crippen LogP contribution < -0.4 is 4.83 Å². The van der Waals surface area contributed by atoms with Crippen molar-refractivity contribution in [3.05, 3.63) is 57.3 Å². The normalized spacial score (nSPS) is 11.7. The molecule has 1 N–H and O–H groups in total. The fourth-order valence-corrected chi connectivity index (χ4v) is 2.25. The summed E-state index contributed by atoms with van der Waals surface area (Å²) in [6.45, 7) is 0. The zero-order chi connectivity index (χ0) is 15.5. The van der Waals surface area contributed by atoms with Gasteiger partial charge in [0.2, 0.25) is 0 Å². The average molecular weight is 330 g/mol. The molecule has 0 bridgehead atoms. The summed E-state index contributed by atoms with van der Waals surface area (Å²) < 4.78 is 28.5. The SMILES string of the molecule is O=[N+]([O-])c1ccc(C=NNS(=O)(=O)c2ccc(Cl)cc2)o1. The van der Waals surface area contributed by atoms with Gasteiger partial charge >= 0.3 is 5.88 Å². The molecule has 0 unspecified atom stereocenters. The Kier molecular flexibility index (Phi) is 4.24. The molecule has 1 aromatic carbocycles. The zero-order valence-corrected chi connectivity index (χ0v) is 11.8. The van der Waals surface area contributed by atoms with Gasteiger partial charge in [-0.05, 0) is 30.3 Å². The van der Waals surface area contributed by atoms with Crippen molar-refractivity contribution in [3.63, 3.8) is 0 Å². The molecule has 0 spiro atoms. The second kappa shape index (κ2) is 5.94. The highest BCUT2D eigenvalue weighted by molar-refractivity contribution is 7.89. The second-order valence-corrected chi connectivity index (χ2v) is 5.84. The monoisotopic (exact) mass is 329 g/mol. The second-order valence-electron chi connectivity index (χ2n) is 3.74. The van der Waals surface area contributed by atoms with Crippen LogP contribution in [0.15, 0.2) is 50.8 Å². The molecule has 0 saturated carbocycles. The maximum Gasteiger partial charge on any atom is 0.433 e. The number of sulfonamides is 1. The van der Waals surface area contributed by atoms with E-state index in [0.717, 1.165) is 12.3 Å². The highest BCUT2D eigenvalue weighted by Gasteiger charge is 2.13. The minimum absolute atomic E-state index is 0.0190. The lowest BCUT2D eigenvalue weighted by Crippen LogP contribution is -2.18. The van der Waals surface area contributed by atoms with Crippen molar-refractivity contribution in [1.82, 2.24) is 4.83 Å². The molecule has 21 heavy (non-hydrogen) atoms. The van der Waals surface area contributed by atoms with E-state index >= 15 is 0 Å². The van der Waals surface area contributed by atoms with Gasteiger partial charge in [0, 0.05) is 5.02 Å². The van der Waals surface area contributed by atoms with Gasteiger partial charge in [-0.15, -0.1) is 0 Å². The van der Waals surface area contributed by atoms with Gasteiger partial charge in [-0.3, -0.25) is 10.1 Å². The molecular weight excluding hydrogens is 322 g/mol. The van der Waals surface area contributed by atoms with Gasteiger partial charge < -0.3 is 4.42 Å². The molecule has 0 aliphatic heterocycles. The Bertz CT molecular complexity index is 782. The van der Waals surface area contributed by atoms with Crippen molar-refractivity contribution in [2.45, 2.75) is 4.90 Å². The van der Waals surface area contributed by atoms with E-state index in [1.807, 2.05) is 4.83 Å². The highest BCUT2D eigenvalue weighted by atomic mass is 35.5. The van der Waals surface area contributed by atoms with E-state index in [2.05, 4.69) is 5.10 Å². The number of benzene rings is 1. The first-order valence-corrected chi connectivity index (χ1v) is 7.29. The van der Waals surface area contributed by atoms with Crippen LogP contribution in [-0.2, 0) is 10.0 Å². The van der Waals surface area contributed by atoms with Crippen LogP contribution in [0.2, 0.25) is 5.02 Å². The van der Waals surface area contributed by atoms with Crippen molar-refractivity contribution in [2.75, 3.05) is 0 Å². The van der Waals surface area contributed by atoms with E-state index in [1.165, 1.54) is 30.3 Å². The van der Waals surface area contributed by atoms with Gasteiger partial charge in [-0.2, -0.15) is 18.4 Å². The molecule has 110 valence electrons. The summed E-state index contributed by atoms with van der Waals surface area (Å²) in [6, 6.07) is 7.91. The fourth-order valence-electron chi connectivity index (χ4n) is 1.34. The summed E-state index contributed by atoms with van der Waals surface area (Å²) in [5, 5.41) is 14.3. The summed E-state index contributed by atoms with van der Waals surface area (Å²) in [6.07, 6.45) is 1.01. The maximum atomic E-state index is 11.8. The standard InChI is InChI=1S/C11H8ClN3O5S/c12-8-1-4-10(5-2-8)21(18,19)14-13-7-9-3-6-11(20-9)15(16)17/h1-7,14H. The Morgan fingerprint density at radius 3 is 2.48 bits per heavy atom. The van der Waals surface area contributed by atoms with E-state index in [9.17, 15) is 18.5 Å². The van der Waals surface area contributed by atoms with Crippen molar-refractivity contribution in [1.29, 1.82) is 0 Å². The summed E-state index contributed by atoms with van der Waals surface area (Å²) in [5.41, 5.74) is 0. The Morgan fingerprint density at radius 2 is 1.90 bits per heavy atom. The van der Waals surface area contributed by atoms with Crippen LogP contribution in [0.25, 0.3) is 0 Å². The molecule has 1 aromatic heterocycles. The number of nitrogens with one attached hydrogen (secondary N) is 1. The molecule has 0 radical (unpaired) electrons. The number of hydrogen-bond acceptors (Lipinski definition) is 6. The number of hydrazone groups is 1. The van der Waals surface area contributed by atoms with E-state index in [-0.39, 0.29) is 10.7 Å². The van der Waals surface area contributed by atoms with Crippen molar-refractivity contribution >= 4 is 33.7 Å². The number of hydrogen-bond donors (Lipinski definition) is 1. The van der Waals surface area contributed by atoms with Crippen LogP contribution in [-0.4, -0.2) is 19.6 Å². The summed E-state index contributed by atoms with van der Waals surface area (Å²) in [7, 11) is -3.84. The van der Waals surface area contributed by atoms with Gasteiger partial charge in [-0.1, -0.05) is 11.6 Å². The van der Waals surface area contributed by atoms with Crippen LogP contribution in [0, 0.1) is 10.1 Å². The Morgan fingerprint density at radius 1 is 1.24 bits per heavy atom. The summed E-state index contributed by atoms with van der Waals surface area (Å²) in [5.74, 6) is -0.419. The van der Waals surface area contributed by atoms with Gasteiger partial charge in [0.1, 0.15) is 4.92 Å². The molecule has 2 aromatic rings. The van der Waals surface area contributed by atoms with Crippen molar-refractivity contribution < 1.29 is 17.8 Å². The number of nitrogens with zero attached hydrogens (tertiary/aromatic N) is 2. The molecule has 0 aliphatic carbocycles. The summed E-state index contributed by atoms with van der Waals surface area (Å²) in [4.78, 5) is 11.6. The lowest BCUT2D eigenvalue weighted by Gasteiger charge is -2.02. The minimum Gasteiger partial charge on any atom is -0.400 e. The van der Waals surface area contributed by atoms with Gasteiger partial charge in [-0.25, -0.2) is 0 Å². The quantitative estimate of drug-likeness (QED) is 0.512. The first-order chi connectivity index (χ1) is 9.88. The largest absolute Gasteiger partial charge is 0.433 e. The number of furan rings is 1. The zero-order valence-electron chi connectivity index (χ0n) is 10.3. The number of nitro groups is 1. The van der Waals surface area contributed by atoms with Crippen LogP contribution in [0.3, 0.4) is 0 Å². The molecule has 0 aliphatic rings. The predicted octanol–water partition coefficient (Wildman–Crippen LogP) is 2.15. The molecule has 1 heterocycles. The van der Waals surface area contributed by atoms with Crippen LogP contribution >= 0.6 is 11.6 Å². The van der Waals surface area contributed by atoms with E-state index in [0.29, 0.717) is 5.02 Å². The van der Waals surface area contributed by atoms with E-state index < -0.39 is 20.8 Å². The molecule has 0 fully saturated rings. The smallest absolute Gasteiger partial charge is 0.400 e. The Labute approximate surface area is 124 Å². The van der Waals surface area contributed by atoms with Crippen LogP contribution in [0.1, 0.15) is 5.76 Å². The van der Waals surface area contributed by atoms with Gasteiger partial charge in [0.05, 0.1) is 17.2 Å². The third kappa shape index (κ3) is 3.80. The predicted molar refractivity (Wildman–Crippen MR) is 74.7 cm³/mol. The molecule has 8 nitrogen and oxygen atoms in total. The van der Waals surface area contributed by atoms with Crippen molar-refractivity contribution in [3.8, 4) is 0 Å². The molecule has 0 saturated heterocycles. The average Bonchev–Trinajstić information content (AvgIpc) is 2.88. The van der Waals surface area contributed by atoms with Gasteiger partial charge in [0.25, 0.3) is 10.0 Å². The fraction of sp³-hybridized carbons (Fsp3) is 0. The first kappa shape index (κ1) is 15.0. The van der Waals surface area contributed by atoms with E-state index in [4.69, 9.17) is 16.0 Å². The maximum absolute atomic E-state index is 11.8. The van der Waals surface area contributed by atoms with Crippen LogP contribution in [0.5, 0.6) is 0 Å². The third-order valence-corrected chi connectivity index (χ3v) is 3.77. The third-order valence-electron chi connectivity index (χ3n) is 2.28. The van der Waals surface area contributed by atoms with Crippen molar-refractivity contribution in [2.24, 2.45) is 5.10 Å². The molecule has 0 amide bonds. The number of halogens is 1. The molecule has 0 atom stereocenters. The molecule has 2 rings (SSSR count).